The number of phenolic OH excluding ortho intramolecular Hbond substituents is 1. The molecule has 1 unspecified atom stereocenters. The second-order valence-electron chi connectivity index (χ2n) is 7.58. The lowest BCUT2D eigenvalue weighted by atomic mass is 10.1. The topological polar surface area (TPSA) is 110 Å². The number of guanidine groups is 1. The van der Waals surface area contributed by atoms with Crippen LogP contribution in [0, 0.1) is 0 Å². The normalized spacial score (nSPS) is 18.2. The van der Waals surface area contributed by atoms with Crippen LogP contribution in [0.5, 0.6) is 11.5 Å². The van der Waals surface area contributed by atoms with Gasteiger partial charge in [-0.25, -0.2) is 9.37 Å². The number of phenols is 1. The van der Waals surface area contributed by atoms with E-state index in [9.17, 15) is 14.7 Å². The molecule has 2 N–H and O–H groups in total. The summed E-state index contributed by atoms with van der Waals surface area (Å²) in [6.45, 7) is 2.65. The van der Waals surface area contributed by atoms with Gasteiger partial charge in [-0.3, -0.25) is 14.6 Å². The van der Waals surface area contributed by atoms with Gasteiger partial charge in [-0.2, -0.15) is 5.43 Å². The molecule has 0 radical (unpaired) electrons. The first kappa shape index (κ1) is 22.0. The maximum absolute atomic E-state index is 13.0. The molecule has 2 aromatic rings. The molecule has 170 valence electrons. The third-order valence-electron chi connectivity index (χ3n) is 5.39. The maximum Gasteiger partial charge on any atom is 0.414 e. The monoisotopic (exact) mass is 449 g/mol. The average Bonchev–Trinajstić information content (AvgIpc) is 3.17. The number of nitrogens with zero attached hydrogens (tertiary/aromatic N) is 5. The number of carbonyl (C=O) groups is 2. The van der Waals surface area contributed by atoms with Gasteiger partial charge in [-0.1, -0.05) is 35.3 Å². The molecule has 1 fully saturated rings. The van der Waals surface area contributed by atoms with E-state index in [1.54, 1.807) is 30.0 Å². The lowest BCUT2D eigenvalue weighted by Crippen LogP contribution is -2.61. The maximum atomic E-state index is 13.0. The van der Waals surface area contributed by atoms with Crippen molar-refractivity contribution in [2.75, 3.05) is 20.7 Å². The van der Waals surface area contributed by atoms with Gasteiger partial charge in [0.05, 0.1) is 19.4 Å². The van der Waals surface area contributed by atoms with Crippen molar-refractivity contribution in [3.8, 4) is 11.5 Å². The van der Waals surface area contributed by atoms with Crippen molar-refractivity contribution in [3.63, 3.8) is 0 Å². The summed E-state index contributed by atoms with van der Waals surface area (Å²) in [7, 11) is 3.05. The van der Waals surface area contributed by atoms with Gasteiger partial charge in [0.2, 0.25) is 11.9 Å². The van der Waals surface area contributed by atoms with E-state index in [1.165, 1.54) is 18.0 Å². The van der Waals surface area contributed by atoms with Gasteiger partial charge < -0.3 is 9.84 Å². The van der Waals surface area contributed by atoms with E-state index in [-0.39, 0.29) is 11.7 Å². The largest absolute Gasteiger partial charge is 0.504 e. The summed E-state index contributed by atoms with van der Waals surface area (Å²) in [5.74, 6) is 0.753. The Balaban J connectivity index is 1.65. The standard InChI is InChI=1S/C23H24N6O4/c1-4-33-18-12-16(10-11-17(18)30)13-24-26-22-25-20-19(21(31)28(3)23(32)27(20)2)29(22)14-15-8-6-5-7-9-15/h5-13,19H,4,14H2,1-3H3,(H,24,30)/p+1. The van der Waals surface area contributed by atoms with Gasteiger partial charge in [0.15, 0.2) is 11.5 Å². The second-order valence-corrected chi connectivity index (χ2v) is 7.58. The summed E-state index contributed by atoms with van der Waals surface area (Å²) in [4.78, 5) is 32.4. The molecule has 4 rings (SSSR count). The lowest BCUT2D eigenvalue weighted by molar-refractivity contribution is -0.553. The highest BCUT2D eigenvalue weighted by molar-refractivity contribution is 6.22. The molecular formula is C23H25N6O4+. The predicted octanol–water partition coefficient (Wildman–Crippen LogP) is 1.59. The minimum absolute atomic E-state index is 0.0481. The number of aliphatic imine (C=N–C) groups is 1. The number of nitrogens with one attached hydrogen (secondary N) is 1. The van der Waals surface area contributed by atoms with Crippen LogP contribution >= 0.6 is 0 Å². The van der Waals surface area contributed by atoms with Gasteiger partial charge in [-0.05, 0) is 36.2 Å². The number of hydrogen-bond acceptors (Lipinski definition) is 7. The van der Waals surface area contributed by atoms with Gasteiger partial charge >= 0.3 is 12.0 Å². The summed E-state index contributed by atoms with van der Waals surface area (Å²) >= 11 is 0. The van der Waals surface area contributed by atoms with E-state index in [0.717, 1.165) is 10.5 Å². The van der Waals surface area contributed by atoms with Crippen molar-refractivity contribution in [1.82, 2.24) is 15.2 Å². The summed E-state index contributed by atoms with van der Waals surface area (Å²) in [5, 5.41) is 14.1. The van der Waals surface area contributed by atoms with E-state index in [1.807, 2.05) is 37.3 Å². The zero-order valence-electron chi connectivity index (χ0n) is 18.6. The van der Waals surface area contributed by atoms with Crippen LogP contribution in [0.1, 0.15) is 18.1 Å². The number of amidine groups is 1. The Morgan fingerprint density at radius 1 is 1.18 bits per heavy atom. The van der Waals surface area contributed by atoms with Crippen LogP contribution in [0.3, 0.4) is 0 Å². The molecule has 2 aromatic carbocycles. The summed E-state index contributed by atoms with van der Waals surface area (Å²) in [5.41, 5.74) is 4.58. The van der Waals surface area contributed by atoms with Crippen molar-refractivity contribution < 1.29 is 24.0 Å². The predicted molar refractivity (Wildman–Crippen MR) is 123 cm³/mol. The van der Waals surface area contributed by atoms with E-state index in [4.69, 9.17) is 4.74 Å². The summed E-state index contributed by atoms with van der Waals surface area (Å²) in [6, 6.07) is 13.4. The van der Waals surface area contributed by atoms with Gasteiger partial charge in [0.25, 0.3) is 5.91 Å². The number of ether oxygens (including phenoxy) is 1. The molecule has 1 saturated heterocycles. The quantitative estimate of drug-likeness (QED) is 0.395. The Morgan fingerprint density at radius 2 is 1.94 bits per heavy atom. The Kier molecular flexibility index (Phi) is 6.07. The molecule has 33 heavy (non-hydrogen) atoms. The number of rotatable bonds is 6. The lowest BCUT2D eigenvalue weighted by Gasteiger charge is -2.31. The van der Waals surface area contributed by atoms with Crippen LogP contribution in [0.2, 0.25) is 0 Å². The van der Waals surface area contributed by atoms with Crippen LogP contribution in [0.15, 0.2) is 58.6 Å². The highest BCUT2D eigenvalue weighted by Crippen LogP contribution is 2.26. The number of hydrogen-bond donors (Lipinski definition) is 2. The highest BCUT2D eigenvalue weighted by Gasteiger charge is 2.51. The molecule has 10 heteroatoms. The SMILES string of the molecule is CCOc1cc(/C=N/NC2=[N+](Cc3ccccc3)C3C(=O)N(C)C(=O)N(C)C3=N2)ccc1O. The van der Waals surface area contributed by atoms with Crippen LogP contribution in [0.25, 0.3) is 0 Å². The molecule has 2 heterocycles. The number of aromatic hydroxyl groups is 1. The van der Waals surface area contributed by atoms with Crippen LogP contribution in [-0.2, 0) is 11.3 Å². The van der Waals surface area contributed by atoms with Gasteiger partial charge in [0, 0.05) is 14.1 Å². The zero-order chi connectivity index (χ0) is 23.5. The fourth-order valence-electron chi connectivity index (χ4n) is 3.68. The molecule has 2 aliphatic rings. The van der Waals surface area contributed by atoms with Gasteiger partial charge in [-0.15, -0.1) is 5.10 Å². The number of benzene rings is 2. The van der Waals surface area contributed by atoms with Crippen LogP contribution < -0.4 is 10.2 Å². The first-order chi connectivity index (χ1) is 15.9. The smallest absolute Gasteiger partial charge is 0.414 e. The Morgan fingerprint density at radius 3 is 2.67 bits per heavy atom. The van der Waals surface area contributed by atoms with Crippen molar-refractivity contribution in [2.45, 2.75) is 19.5 Å². The van der Waals surface area contributed by atoms with E-state index >= 15 is 0 Å². The van der Waals surface area contributed by atoms with Crippen molar-refractivity contribution in [3.05, 3.63) is 59.7 Å². The first-order valence-corrected chi connectivity index (χ1v) is 10.5. The Labute approximate surface area is 191 Å². The molecule has 10 nitrogen and oxygen atoms in total. The Bertz CT molecular complexity index is 1170. The summed E-state index contributed by atoms with van der Waals surface area (Å²) in [6.07, 6.45) is 1.56. The molecule has 2 aliphatic heterocycles. The average molecular weight is 449 g/mol. The molecule has 0 bridgehead atoms. The molecule has 0 spiro atoms. The number of hydrazone groups is 1. The minimum atomic E-state index is -0.742. The third kappa shape index (κ3) is 4.27. The van der Waals surface area contributed by atoms with E-state index in [0.29, 0.717) is 36.3 Å². The highest BCUT2D eigenvalue weighted by atomic mass is 16.5. The third-order valence-corrected chi connectivity index (χ3v) is 5.39. The van der Waals surface area contributed by atoms with Gasteiger partial charge in [0.1, 0.15) is 0 Å². The zero-order valence-corrected chi connectivity index (χ0v) is 18.6. The van der Waals surface area contributed by atoms with Crippen LogP contribution in [0.4, 0.5) is 4.79 Å². The fourth-order valence-corrected chi connectivity index (χ4v) is 3.68. The molecule has 0 saturated carbocycles. The number of amides is 3. The van der Waals surface area contributed by atoms with Crippen molar-refractivity contribution in [2.24, 2.45) is 10.1 Å². The number of likely N-dealkylation sites (N-methyl/N-ethyl adjacent to an activating group) is 2. The number of imide groups is 1. The van der Waals surface area contributed by atoms with Crippen LogP contribution in [-0.4, -0.2) is 76.2 Å². The second kappa shape index (κ2) is 9.11. The number of urea groups is 1. The molecule has 3 amide bonds. The first-order valence-electron chi connectivity index (χ1n) is 10.5. The van der Waals surface area contributed by atoms with Crippen molar-refractivity contribution >= 4 is 29.9 Å². The minimum Gasteiger partial charge on any atom is -0.504 e. The van der Waals surface area contributed by atoms with E-state index < -0.39 is 12.1 Å². The number of carbonyl (C=O) groups excluding carboxylic acids is 2. The summed E-state index contributed by atoms with van der Waals surface area (Å²) < 4.78 is 7.19. The fraction of sp³-hybridized carbons (Fsp3) is 0.261. The Hall–Kier alpha value is -4.21. The van der Waals surface area contributed by atoms with E-state index in [2.05, 4.69) is 15.5 Å². The molecular weight excluding hydrogens is 424 g/mol. The van der Waals surface area contributed by atoms with Crippen molar-refractivity contribution in [1.29, 1.82) is 0 Å². The molecule has 1 atom stereocenters. The number of fused-ring (bicyclic) bond motifs is 1. The molecule has 0 aromatic heterocycles. The molecule has 0 aliphatic carbocycles.